The van der Waals surface area contributed by atoms with Gasteiger partial charge in [0.05, 0.1) is 37.1 Å². The van der Waals surface area contributed by atoms with E-state index < -0.39 is 20.2 Å². The van der Waals surface area contributed by atoms with Gasteiger partial charge in [0.15, 0.2) is 24.8 Å². The van der Waals surface area contributed by atoms with Gasteiger partial charge in [0, 0.05) is 53.9 Å². The third-order valence-electron chi connectivity index (χ3n) is 5.21. The van der Waals surface area contributed by atoms with Gasteiger partial charge in [0.2, 0.25) is 0 Å². The van der Waals surface area contributed by atoms with Crippen molar-refractivity contribution < 1.29 is 35.9 Å². The van der Waals surface area contributed by atoms with Crippen molar-refractivity contribution in [3.63, 3.8) is 0 Å². The Bertz CT molecular complexity index is 1650. The van der Waals surface area contributed by atoms with E-state index in [4.69, 9.17) is 25.9 Å². The highest BCUT2D eigenvalue weighted by atomic mass is 32.2. The summed E-state index contributed by atoms with van der Waals surface area (Å²) in [5.41, 5.74) is 7.13. The van der Waals surface area contributed by atoms with Crippen LogP contribution in [0.5, 0.6) is 0 Å². The Morgan fingerprint density at radius 3 is 2.13 bits per heavy atom. The number of nitrogens with zero attached hydrogens (tertiary/aromatic N) is 2. The molecule has 0 atom stereocenters. The summed E-state index contributed by atoms with van der Waals surface area (Å²) in [6, 6.07) is 8.24. The Morgan fingerprint density at radius 1 is 0.947 bits per heavy atom. The molecule has 202 valence electrons. The molecule has 11 nitrogen and oxygen atoms in total. The average Bonchev–Trinajstić information content (AvgIpc) is 3.14. The molecule has 14 heteroatoms. The van der Waals surface area contributed by atoms with E-state index in [1.54, 1.807) is 0 Å². The lowest BCUT2D eigenvalue weighted by Gasteiger charge is -2.17. The minimum atomic E-state index is -3.92. The quantitative estimate of drug-likeness (QED) is 0.321. The van der Waals surface area contributed by atoms with E-state index in [2.05, 4.69) is 33.2 Å². The molecule has 1 aliphatic rings. The number of aromatic nitrogens is 4. The predicted octanol–water partition coefficient (Wildman–Crippen LogP) is 1.51. The third-order valence-corrected chi connectivity index (χ3v) is 6.20. The minimum Gasteiger partial charge on any atom is -0.748 e. The van der Waals surface area contributed by atoms with Gasteiger partial charge in [-0.1, -0.05) is 0 Å². The molecule has 0 aromatic carbocycles. The maximum Gasteiger partial charge on any atom is 0.261 e. The topological polar surface area (TPSA) is 178 Å². The summed E-state index contributed by atoms with van der Waals surface area (Å²) < 4.78 is 56.4. The zero-order valence-electron chi connectivity index (χ0n) is 20.8. The third kappa shape index (κ3) is 8.36. The highest BCUT2D eigenvalue weighted by molar-refractivity contribution is 7.85. The first-order valence-corrected chi connectivity index (χ1v) is 15.7. The molecule has 0 amide bonds. The molecule has 2 N–H and O–H groups in total. The van der Waals surface area contributed by atoms with Gasteiger partial charge in [-0.2, -0.15) is 0 Å². The number of aryl methyl sites for hydroxylation is 2. The molecule has 4 aromatic rings. The maximum absolute atomic E-state index is 13.5. The van der Waals surface area contributed by atoms with E-state index in [0.29, 0.717) is 24.6 Å². The van der Waals surface area contributed by atoms with Crippen molar-refractivity contribution in [3.8, 4) is 33.0 Å². The number of aromatic amines is 2. The standard InChI is InChI=1S/C22H18N4OS.2CH4O3S/c1-14-13-28-21(25-14)18-11-17(16-4-7-23-8-5-16)20-19-12-24-9-6-15(19)3-2-10-26(20)22(18)27;2*1-5(2,3)4/h4-9,11-13H,2-3,10H2,1H3;2*1H3,(H,2,3,4). The number of thiazole rings is 1. The number of fused-ring (bicyclic) bond motifs is 3. The molecule has 0 saturated carbocycles. The fourth-order valence-electron chi connectivity index (χ4n) is 3.92. The molecule has 0 bridgehead atoms. The van der Waals surface area contributed by atoms with Crippen LogP contribution in [0, 0.1) is 6.92 Å². The van der Waals surface area contributed by atoms with Crippen molar-refractivity contribution in [3.05, 3.63) is 76.0 Å². The first kappa shape index (κ1) is 29.3. The minimum absolute atomic E-state index is 0.0345. The van der Waals surface area contributed by atoms with Gasteiger partial charge in [-0.25, -0.2) is 31.8 Å². The second kappa shape index (κ2) is 12.0. The van der Waals surface area contributed by atoms with E-state index in [1.807, 2.05) is 47.7 Å². The lowest BCUT2D eigenvalue weighted by molar-refractivity contribution is -0.377. The second-order valence-corrected chi connectivity index (χ2v) is 12.1. The van der Waals surface area contributed by atoms with Gasteiger partial charge < -0.3 is 13.7 Å². The summed E-state index contributed by atoms with van der Waals surface area (Å²) in [5.74, 6) is 0. The summed E-state index contributed by atoms with van der Waals surface area (Å²) in [5, 5.41) is 2.78. The number of H-pyrrole nitrogens is 2. The van der Waals surface area contributed by atoms with Crippen molar-refractivity contribution in [1.29, 1.82) is 0 Å². The summed E-state index contributed by atoms with van der Waals surface area (Å²) in [7, 11) is -7.83. The summed E-state index contributed by atoms with van der Waals surface area (Å²) in [4.78, 5) is 24.4. The van der Waals surface area contributed by atoms with E-state index in [9.17, 15) is 4.79 Å². The van der Waals surface area contributed by atoms with Crippen LogP contribution in [0.1, 0.15) is 17.7 Å². The van der Waals surface area contributed by atoms with Crippen LogP contribution in [0.4, 0.5) is 0 Å². The fourth-order valence-corrected chi connectivity index (χ4v) is 4.72. The molecule has 4 aromatic heterocycles. The summed E-state index contributed by atoms with van der Waals surface area (Å²) >= 11 is 1.53. The molecular weight excluding hydrogens is 552 g/mol. The van der Waals surface area contributed by atoms with Crippen LogP contribution in [0.25, 0.3) is 33.0 Å². The lowest BCUT2D eigenvalue weighted by atomic mass is 9.96. The number of hydrogen-bond acceptors (Lipinski definition) is 9. The highest BCUT2D eigenvalue weighted by Crippen LogP contribution is 2.37. The van der Waals surface area contributed by atoms with E-state index in [0.717, 1.165) is 45.9 Å². The van der Waals surface area contributed by atoms with Crippen molar-refractivity contribution in [2.45, 2.75) is 26.3 Å². The number of nitrogens with one attached hydrogen (secondary N) is 2. The number of hydrogen-bond donors (Lipinski definition) is 0. The monoisotopic (exact) mass is 578 g/mol. The molecule has 0 radical (unpaired) electrons. The van der Waals surface area contributed by atoms with Crippen molar-refractivity contribution in [2.24, 2.45) is 0 Å². The Labute approximate surface area is 224 Å². The zero-order chi connectivity index (χ0) is 28.1. The van der Waals surface area contributed by atoms with Gasteiger partial charge in [-0.15, -0.1) is 11.3 Å². The molecule has 38 heavy (non-hydrogen) atoms. The van der Waals surface area contributed by atoms with Crippen molar-refractivity contribution in [2.75, 3.05) is 12.5 Å². The average molecular weight is 579 g/mol. The lowest BCUT2D eigenvalue weighted by Crippen LogP contribution is -2.24. The first-order valence-electron chi connectivity index (χ1n) is 11.2. The highest BCUT2D eigenvalue weighted by Gasteiger charge is 2.24. The van der Waals surface area contributed by atoms with Gasteiger partial charge in [-0.3, -0.25) is 4.79 Å². The summed E-state index contributed by atoms with van der Waals surface area (Å²) in [6.07, 6.45) is 10.9. The smallest absolute Gasteiger partial charge is 0.261 e. The van der Waals surface area contributed by atoms with Crippen molar-refractivity contribution in [1.82, 2.24) is 9.55 Å². The van der Waals surface area contributed by atoms with Gasteiger partial charge >= 0.3 is 0 Å². The molecule has 0 aliphatic carbocycles. The molecule has 0 spiro atoms. The van der Waals surface area contributed by atoms with Crippen LogP contribution in [0.15, 0.2) is 59.2 Å². The predicted molar refractivity (Wildman–Crippen MR) is 140 cm³/mol. The normalized spacial score (nSPS) is 12.6. The van der Waals surface area contributed by atoms with E-state index in [-0.39, 0.29) is 5.56 Å². The Kier molecular flexibility index (Phi) is 9.27. The van der Waals surface area contributed by atoms with Crippen LogP contribution in [0.3, 0.4) is 0 Å². The van der Waals surface area contributed by atoms with Gasteiger partial charge in [-0.05, 0) is 37.0 Å². The van der Waals surface area contributed by atoms with Crippen LogP contribution in [0.2, 0.25) is 0 Å². The molecule has 0 unspecified atom stereocenters. The van der Waals surface area contributed by atoms with E-state index >= 15 is 0 Å². The summed E-state index contributed by atoms with van der Waals surface area (Å²) in [6.45, 7) is 2.66. The van der Waals surface area contributed by atoms with Crippen LogP contribution < -0.4 is 15.5 Å². The SMILES string of the molecule is CS(=O)(=O)[O-].CS(=O)(=O)[O-].Cc1csc(-c2cc(-c3cc[nH+]cc3)c3n(c2=O)CCCc2cc[nH+]cc2-3)n1. The second-order valence-electron chi connectivity index (χ2n) is 8.45. The van der Waals surface area contributed by atoms with E-state index in [1.165, 1.54) is 16.9 Å². The molecular formula is C24H26N4O7S3. The Hall–Kier alpha value is -3.30. The number of pyridine rings is 3. The largest absolute Gasteiger partial charge is 0.748 e. The van der Waals surface area contributed by atoms with Gasteiger partial charge in [0.1, 0.15) is 5.01 Å². The molecule has 5 rings (SSSR count). The first-order chi connectivity index (χ1) is 17.7. The zero-order valence-corrected chi connectivity index (χ0v) is 23.2. The van der Waals surface area contributed by atoms with Crippen molar-refractivity contribution >= 4 is 31.6 Å². The number of rotatable bonds is 2. The molecule has 5 heterocycles. The van der Waals surface area contributed by atoms with Crippen LogP contribution >= 0.6 is 11.3 Å². The molecule has 0 fully saturated rings. The molecule has 1 aliphatic heterocycles. The van der Waals surface area contributed by atoms with Crippen LogP contribution in [-0.2, 0) is 33.2 Å². The maximum atomic E-state index is 13.5. The van der Waals surface area contributed by atoms with Gasteiger partial charge in [0.25, 0.3) is 5.56 Å². The van der Waals surface area contributed by atoms with Crippen LogP contribution in [-0.4, -0.2) is 48.0 Å². The fraction of sp³-hybridized carbons (Fsp3) is 0.250. The Balaban J connectivity index is 0.000000344. The molecule has 0 saturated heterocycles. The Morgan fingerprint density at radius 2 is 1.55 bits per heavy atom.